The molecule has 2 heterocycles. The number of benzene rings is 1. The Kier molecular flexibility index (Phi) is 6.18. The van der Waals surface area contributed by atoms with E-state index in [0.29, 0.717) is 31.4 Å². The number of likely N-dealkylation sites (tertiary alicyclic amines) is 1. The largest absolute Gasteiger partial charge is 0.465 e. The van der Waals surface area contributed by atoms with Crippen LogP contribution in [-0.4, -0.2) is 62.1 Å². The molecule has 1 aliphatic heterocycles. The first-order chi connectivity index (χ1) is 13.4. The fraction of sp³-hybridized carbons (Fsp3) is 0.550. The molecule has 1 aromatic carbocycles. The molecule has 3 rings (SSSR count). The summed E-state index contributed by atoms with van der Waals surface area (Å²) in [6.45, 7) is 4.33. The Labute approximate surface area is 164 Å². The zero-order valence-electron chi connectivity index (χ0n) is 16.3. The summed E-state index contributed by atoms with van der Waals surface area (Å²) < 4.78 is 1.83. The summed E-state index contributed by atoms with van der Waals surface area (Å²) in [4.78, 5) is 25.9. The van der Waals surface area contributed by atoms with Crippen LogP contribution in [0.5, 0.6) is 0 Å². The first-order valence-electron chi connectivity index (χ1n) is 9.81. The van der Waals surface area contributed by atoms with Gasteiger partial charge in [-0.2, -0.15) is 5.10 Å². The number of amides is 2. The molecular formula is C20H28N4O4. The highest BCUT2D eigenvalue weighted by atomic mass is 16.4. The number of hydrogen-bond donors (Lipinski definition) is 3. The molecule has 0 aliphatic carbocycles. The topological polar surface area (TPSA) is 108 Å². The van der Waals surface area contributed by atoms with Gasteiger partial charge in [0.15, 0.2) is 5.69 Å². The number of carbonyl (C=O) groups excluding carboxylic acids is 1. The maximum atomic E-state index is 12.9. The summed E-state index contributed by atoms with van der Waals surface area (Å²) in [7, 11) is 0. The first-order valence-corrected chi connectivity index (χ1v) is 9.81. The van der Waals surface area contributed by atoms with Gasteiger partial charge in [0.1, 0.15) is 0 Å². The van der Waals surface area contributed by atoms with Gasteiger partial charge in [-0.25, -0.2) is 4.79 Å². The quantitative estimate of drug-likeness (QED) is 0.705. The highest BCUT2D eigenvalue weighted by molar-refractivity contribution is 6.05. The van der Waals surface area contributed by atoms with Gasteiger partial charge in [-0.3, -0.25) is 9.48 Å². The average molecular weight is 388 g/mol. The lowest BCUT2D eigenvalue weighted by Gasteiger charge is -2.38. The predicted octanol–water partition coefficient (Wildman–Crippen LogP) is 2.63. The number of aromatic nitrogens is 2. The van der Waals surface area contributed by atoms with Gasteiger partial charge in [0, 0.05) is 36.7 Å². The van der Waals surface area contributed by atoms with E-state index in [1.165, 1.54) is 4.90 Å². The summed E-state index contributed by atoms with van der Waals surface area (Å²) in [5.41, 5.74) is 1.27. The van der Waals surface area contributed by atoms with Gasteiger partial charge in [0.25, 0.3) is 5.91 Å². The Morgan fingerprint density at radius 1 is 1.29 bits per heavy atom. The molecule has 152 valence electrons. The second kappa shape index (κ2) is 8.60. The van der Waals surface area contributed by atoms with Crippen molar-refractivity contribution < 1.29 is 19.8 Å². The van der Waals surface area contributed by atoms with Gasteiger partial charge in [-0.05, 0) is 45.6 Å². The number of carbonyl (C=O) groups is 2. The lowest BCUT2D eigenvalue weighted by molar-refractivity contribution is 0.0766. The van der Waals surface area contributed by atoms with E-state index in [1.807, 2.05) is 42.8 Å². The third-order valence-electron chi connectivity index (χ3n) is 5.30. The van der Waals surface area contributed by atoms with Crippen molar-refractivity contribution in [3.8, 4) is 0 Å². The summed E-state index contributed by atoms with van der Waals surface area (Å²) >= 11 is 0. The molecule has 1 aliphatic rings. The van der Waals surface area contributed by atoms with E-state index in [1.54, 1.807) is 0 Å². The molecule has 2 aromatic rings. The van der Waals surface area contributed by atoms with Crippen molar-refractivity contribution in [1.82, 2.24) is 20.0 Å². The number of para-hydroxylation sites is 1. The summed E-state index contributed by atoms with van der Waals surface area (Å²) in [5.74, 6) is -0.278. The van der Waals surface area contributed by atoms with Gasteiger partial charge >= 0.3 is 6.09 Å². The molecule has 0 unspecified atom stereocenters. The smallest absolute Gasteiger partial charge is 0.407 e. The summed E-state index contributed by atoms with van der Waals surface area (Å²) in [6.07, 6.45) is 1.58. The number of rotatable bonds is 6. The van der Waals surface area contributed by atoms with E-state index in [4.69, 9.17) is 5.11 Å². The molecular weight excluding hydrogens is 360 g/mol. The molecule has 3 N–H and O–H groups in total. The average Bonchev–Trinajstić information content (AvgIpc) is 3.07. The minimum atomic E-state index is -0.989. The zero-order chi connectivity index (χ0) is 20.3. The Morgan fingerprint density at radius 2 is 2.04 bits per heavy atom. The van der Waals surface area contributed by atoms with E-state index in [9.17, 15) is 14.7 Å². The molecule has 2 atom stereocenters. The Bertz CT molecular complexity index is 848. The number of piperidine rings is 1. The summed E-state index contributed by atoms with van der Waals surface area (Å²) in [6, 6.07) is 7.38. The molecule has 2 amide bonds. The van der Waals surface area contributed by atoms with Crippen molar-refractivity contribution in [2.75, 3.05) is 13.2 Å². The van der Waals surface area contributed by atoms with Crippen LogP contribution in [0.2, 0.25) is 0 Å². The van der Waals surface area contributed by atoms with Crippen LogP contribution in [0.3, 0.4) is 0 Å². The molecule has 0 radical (unpaired) electrons. The fourth-order valence-corrected chi connectivity index (χ4v) is 3.91. The molecule has 28 heavy (non-hydrogen) atoms. The highest BCUT2D eigenvalue weighted by Gasteiger charge is 2.32. The Morgan fingerprint density at radius 3 is 2.71 bits per heavy atom. The van der Waals surface area contributed by atoms with E-state index in [0.717, 1.165) is 10.9 Å². The van der Waals surface area contributed by atoms with Crippen LogP contribution in [0.4, 0.5) is 4.79 Å². The van der Waals surface area contributed by atoms with Crippen LogP contribution in [0.1, 0.15) is 56.1 Å². The van der Waals surface area contributed by atoms with Crippen molar-refractivity contribution in [1.29, 1.82) is 0 Å². The number of nitrogens with one attached hydrogen (secondary N) is 1. The molecule has 1 aromatic heterocycles. The van der Waals surface area contributed by atoms with Gasteiger partial charge in [-0.1, -0.05) is 18.2 Å². The fourth-order valence-electron chi connectivity index (χ4n) is 3.91. The van der Waals surface area contributed by atoms with Crippen LogP contribution in [0.15, 0.2) is 24.3 Å². The van der Waals surface area contributed by atoms with Crippen molar-refractivity contribution in [2.45, 2.75) is 57.7 Å². The number of aliphatic hydroxyl groups excluding tert-OH is 1. The number of hydrogen-bond acceptors (Lipinski definition) is 4. The SMILES string of the molecule is CC(C)n1nc(C(=O)N[C@@H]2CC[C@H](CCCO)N(C(=O)O)C2)c2ccccc21. The summed E-state index contributed by atoms with van der Waals surface area (Å²) in [5, 5.41) is 26.8. The van der Waals surface area contributed by atoms with E-state index in [2.05, 4.69) is 10.4 Å². The van der Waals surface area contributed by atoms with Gasteiger partial charge in [0.05, 0.1) is 5.52 Å². The Balaban J connectivity index is 1.75. The highest BCUT2D eigenvalue weighted by Crippen LogP contribution is 2.24. The monoisotopic (exact) mass is 388 g/mol. The third kappa shape index (κ3) is 4.11. The van der Waals surface area contributed by atoms with Crippen LogP contribution in [0, 0.1) is 0 Å². The first kappa shape index (κ1) is 20.1. The van der Waals surface area contributed by atoms with Gasteiger partial charge in [-0.15, -0.1) is 0 Å². The second-order valence-electron chi connectivity index (χ2n) is 7.61. The molecule has 8 heteroatoms. The van der Waals surface area contributed by atoms with Gasteiger partial charge < -0.3 is 20.4 Å². The van der Waals surface area contributed by atoms with Crippen LogP contribution >= 0.6 is 0 Å². The van der Waals surface area contributed by atoms with E-state index < -0.39 is 6.09 Å². The van der Waals surface area contributed by atoms with E-state index >= 15 is 0 Å². The molecule has 0 saturated carbocycles. The van der Waals surface area contributed by atoms with Crippen LogP contribution < -0.4 is 5.32 Å². The standard InChI is InChI=1S/C20H28N4O4/c1-13(2)24-17-8-4-3-7-16(17)18(22-24)19(26)21-14-9-10-15(6-5-11-25)23(12-14)20(27)28/h3-4,7-8,13-15,25H,5-6,9-12H2,1-2H3,(H,21,26)(H,27,28)/t14-,15+/m1/s1. The van der Waals surface area contributed by atoms with Crippen molar-refractivity contribution in [3.05, 3.63) is 30.0 Å². The third-order valence-corrected chi connectivity index (χ3v) is 5.30. The molecule has 0 bridgehead atoms. The van der Waals surface area contributed by atoms with Gasteiger partial charge in [0.2, 0.25) is 0 Å². The number of aliphatic hydroxyl groups is 1. The second-order valence-corrected chi connectivity index (χ2v) is 7.61. The number of carboxylic acid groups (broad SMARTS) is 1. The lowest BCUT2D eigenvalue weighted by Crippen LogP contribution is -2.53. The molecule has 1 fully saturated rings. The van der Waals surface area contributed by atoms with Crippen molar-refractivity contribution in [3.63, 3.8) is 0 Å². The molecule has 0 spiro atoms. The number of nitrogens with zero attached hydrogens (tertiary/aromatic N) is 3. The predicted molar refractivity (Wildman–Crippen MR) is 105 cm³/mol. The van der Waals surface area contributed by atoms with Crippen LogP contribution in [-0.2, 0) is 0 Å². The lowest BCUT2D eigenvalue weighted by atomic mass is 9.95. The van der Waals surface area contributed by atoms with Crippen molar-refractivity contribution in [2.24, 2.45) is 0 Å². The minimum Gasteiger partial charge on any atom is -0.465 e. The number of fused-ring (bicyclic) bond motifs is 1. The maximum Gasteiger partial charge on any atom is 0.407 e. The van der Waals surface area contributed by atoms with Crippen LogP contribution in [0.25, 0.3) is 10.9 Å². The zero-order valence-corrected chi connectivity index (χ0v) is 16.3. The van der Waals surface area contributed by atoms with Crippen molar-refractivity contribution >= 4 is 22.9 Å². The Hall–Kier alpha value is -2.61. The minimum absolute atomic E-state index is 0.0513. The molecule has 1 saturated heterocycles. The van der Waals surface area contributed by atoms with E-state index in [-0.39, 0.29) is 37.2 Å². The maximum absolute atomic E-state index is 12.9. The normalized spacial score (nSPS) is 19.9. The molecule has 8 nitrogen and oxygen atoms in total.